The van der Waals surface area contributed by atoms with Crippen molar-refractivity contribution >= 4 is 17.6 Å². The number of hydrogen-bond acceptors (Lipinski definition) is 4. The predicted molar refractivity (Wildman–Crippen MR) is 95.1 cm³/mol. The van der Waals surface area contributed by atoms with E-state index in [2.05, 4.69) is 6.58 Å². The number of carbonyl (C=O) groups is 2. The minimum atomic E-state index is -0.995. The highest BCUT2D eigenvalue weighted by Crippen LogP contribution is 2.56. The Kier molecular flexibility index (Phi) is 3.70. The highest BCUT2D eigenvalue weighted by molar-refractivity contribution is 6.03. The Bertz CT molecular complexity index is 814. The smallest absolute Gasteiger partial charge is 0.310 e. The van der Waals surface area contributed by atoms with Crippen molar-refractivity contribution in [1.82, 2.24) is 0 Å². The third-order valence-corrected chi connectivity index (χ3v) is 5.60. The summed E-state index contributed by atoms with van der Waals surface area (Å²) >= 11 is 0. The van der Waals surface area contributed by atoms with Gasteiger partial charge in [-0.2, -0.15) is 0 Å². The summed E-state index contributed by atoms with van der Waals surface area (Å²) in [5.41, 5.74) is 0.704. The Labute approximate surface area is 151 Å². The van der Waals surface area contributed by atoms with Crippen molar-refractivity contribution in [2.24, 2.45) is 11.8 Å². The SMILES string of the molecule is C=C(C)CC1N(c2ccc(OC)cc2)C(=O)[C@@H]2C(C(=O)O)[C@@H]3C=C[C@@]12O3. The molecule has 1 amide bonds. The lowest BCUT2D eigenvalue weighted by Gasteiger charge is -2.33. The van der Waals surface area contributed by atoms with Gasteiger partial charge in [-0.1, -0.05) is 17.7 Å². The first-order valence-corrected chi connectivity index (χ1v) is 8.60. The number of benzene rings is 1. The minimum absolute atomic E-state index is 0.208. The van der Waals surface area contributed by atoms with E-state index in [9.17, 15) is 14.7 Å². The van der Waals surface area contributed by atoms with Crippen LogP contribution in [-0.2, 0) is 14.3 Å². The molecule has 0 saturated carbocycles. The van der Waals surface area contributed by atoms with Crippen molar-refractivity contribution in [3.63, 3.8) is 0 Å². The van der Waals surface area contributed by atoms with E-state index < -0.39 is 29.5 Å². The molecule has 0 radical (unpaired) electrons. The van der Waals surface area contributed by atoms with Crippen LogP contribution in [-0.4, -0.2) is 41.8 Å². The molecule has 5 atom stereocenters. The number of carboxylic acid groups (broad SMARTS) is 1. The summed E-state index contributed by atoms with van der Waals surface area (Å²) in [5, 5.41) is 9.67. The van der Waals surface area contributed by atoms with Gasteiger partial charge < -0.3 is 19.5 Å². The van der Waals surface area contributed by atoms with Crippen LogP contribution in [0.25, 0.3) is 0 Å². The average Bonchev–Trinajstić information content (AvgIpc) is 3.24. The molecule has 1 aromatic rings. The van der Waals surface area contributed by atoms with Crippen molar-refractivity contribution in [3.8, 4) is 5.75 Å². The minimum Gasteiger partial charge on any atom is -0.497 e. The summed E-state index contributed by atoms with van der Waals surface area (Å²) in [6, 6.07) is 6.87. The molecule has 2 bridgehead atoms. The highest BCUT2D eigenvalue weighted by atomic mass is 16.5. The van der Waals surface area contributed by atoms with Crippen LogP contribution in [0.4, 0.5) is 5.69 Å². The van der Waals surface area contributed by atoms with Gasteiger partial charge in [-0.15, -0.1) is 6.58 Å². The Hall–Kier alpha value is -2.60. The van der Waals surface area contributed by atoms with E-state index in [0.29, 0.717) is 17.9 Å². The first-order chi connectivity index (χ1) is 12.4. The van der Waals surface area contributed by atoms with Crippen LogP contribution in [0.3, 0.4) is 0 Å². The maximum Gasteiger partial charge on any atom is 0.310 e. The van der Waals surface area contributed by atoms with Gasteiger partial charge in [0.15, 0.2) is 0 Å². The Morgan fingerprint density at radius 2 is 2.08 bits per heavy atom. The molecule has 3 aliphatic rings. The fourth-order valence-electron chi connectivity index (χ4n) is 4.56. The maximum absolute atomic E-state index is 13.3. The number of hydrogen-bond donors (Lipinski definition) is 1. The van der Waals surface area contributed by atoms with E-state index in [4.69, 9.17) is 9.47 Å². The number of rotatable bonds is 5. The van der Waals surface area contributed by atoms with Gasteiger partial charge in [0.1, 0.15) is 17.3 Å². The first-order valence-electron chi connectivity index (χ1n) is 8.60. The lowest BCUT2D eigenvalue weighted by molar-refractivity contribution is -0.146. The number of amides is 1. The number of methoxy groups -OCH3 is 1. The molecule has 0 aliphatic carbocycles. The number of carboxylic acids is 1. The van der Waals surface area contributed by atoms with E-state index in [1.165, 1.54) is 0 Å². The number of fused-ring (bicyclic) bond motifs is 1. The predicted octanol–water partition coefficient (Wildman–Crippen LogP) is 2.40. The molecule has 1 spiro atoms. The summed E-state index contributed by atoms with van der Waals surface area (Å²) in [4.78, 5) is 26.8. The molecule has 1 aromatic carbocycles. The van der Waals surface area contributed by atoms with Gasteiger partial charge >= 0.3 is 5.97 Å². The topological polar surface area (TPSA) is 76.1 Å². The van der Waals surface area contributed by atoms with Crippen LogP contribution >= 0.6 is 0 Å². The summed E-state index contributed by atoms with van der Waals surface area (Å²) in [5.74, 6) is -2.09. The fourth-order valence-corrected chi connectivity index (χ4v) is 4.56. The quantitative estimate of drug-likeness (QED) is 0.821. The second kappa shape index (κ2) is 5.71. The lowest BCUT2D eigenvalue weighted by Crippen LogP contribution is -2.45. The standard InChI is InChI=1S/C20H21NO5/c1-11(2)10-15-20-9-8-14(26-20)16(19(23)24)17(20)18(22)21(15)12-4-6-13(25-3)7-5-12/h4-9,14-17H,1,10H2,2-3H3,(H,23,24)/t14-,15?,16?,17-,20+/m0/s1. The molecule has 136 valence electrons. The average molecular weight is 355 g/mol. The van der Waals surface area contributed by atoms with Crippen LogP contribution in [0.5, 0.6) is 5.75 Å². The van der Waals surface area contributed by atoms with E-state index in [1.807, 2.05) is 25.1 Å². The summed E-state index contributed by atoms with van der Waals surface area (Å²) in [6.07, 6.45) is 3.66. The highest BCUT2D eigenvalue weighted by Gasteiger charge is 2.71. The zero-order chi connectivity index (χ0) is 18.6. The molecule has 2 fully saturated rings. The molecule has 3 aliphatic heterocycles. The second-order valence-corrected chi connectivity index (χ2v) is 7.22. The molecular formula is C20H21NO5. The first kappa shape index (κ1) is 16.8. The van der Waals surface area contributed by atoms with E-state index >= 15 is 0 Å². The van der Waals surface area contributed by atoms with Crippen molar-refractivity contribution in [3.05, 3.63) is 48.6 Å². The van der Waals surface area contributed by atoms with Crippen LogP contribution in [0, 0.1) is 11.8 Å². The number of aliphatic carboxylic acids is 1. The molecule has 6 heteroatoms. The molecule has 4 rings (SSSR count). The number of ether oxygens (including phenoxy) is 2. The normalized spacial score (nSPS) is 34.2. The fraction of sp³-hybridized carbons (Fsp3) is 0.400. The molecule has 26 heavy (non-hydrogen) atoms. The number of anilines is 1. The molecule has 3 heterocycles. The van der Waals surface area contributed by atoms with Crippen LogP contribution in [0.15, 0.2) is 48.6 Å². The Morgan fingerprint density at radius 1 is 1.38 bits per heavy atom. The zero-order valence-electron chi connectivity index (χ0n) is 14.7. The largest absolute Gasteiger partial charge is 0.497 e. The van der Waals surface area contributed by atoms with Gasteiger partial charge in [0.2, 0.25) is 5.91 Å². The van der Waals surface area contributed by atoms with Crippen molar-refractivity contribution in [2.45, 2.75) is 31.1 Å². The third kappa shape index (κ3) is 2.15. The third-order valence-electron chi connectivity index (χ3n) is 5.60. The summed E-state index contributed by atoms with van der Waals surface area (Å²) in [6.45, 7) is 5.90. The van der Waals surface area contributed by atoms with E-state index in [1.54, 1.807) is 30.2 Å². The van der Waals surface area contributed by atoms with Gasteiger partial charge in [-0.25, -0.2) is 0 Å². The van der Waals surface area contributed by atoms with E-state index in [0.717, 1.165) is 5.57 Å². The van der Waals surface area contributed by atoms with Gasteiger partial charge in [-0.3, -0.25) is 9.59 Å². The monoisotopic (exact) mass is 355 g/mol. The van der Waals surface area contributed by atoms with Crippen LogP contribution in [0.2, 0.25) is 0 Å². The maximum atomic E-state index is 13.3. The van der Waals surface area contributed by atoms with Crippen molar-refractivity contribution in [1.29, 1.82) is 0 Å². The van der Waals surface area contributed by atoms with Gasteiger partial charge in [-0.05, 0) is 37.6 Å². The Balaban J connectivity index is 1.81. The van der Waals surface area contributed by atoms with Gasteiger partial charge in [0, 0.05) is 5.69 Å². The molecule has 1 N–H and O–H groups in total. The summed E-state index contributed by atoms with van der Waals surface area (Å²) in [7, 11) is 1.58. The summed E-state index contributed by atoms with van der Waals surface area (Å²) < 4.78 is 11.3. The second-order valence-electron chi connectivity index (χ2n) is 7.22. The number of nitrogens with zero attached hydrogens (tertiary/aromatic N) is 1. The van der Waals surface area contributed by atoms with Gasteiger partial charge in [0.05, 0.1) is 25.2 Å². The van der Waals surface area contributed by atoms with Gasteiger partial charge in [0.25, 0.3) is 0 Å². The molecule has 0 aromatic heterocycles. The zero-order valence-corrected chi connectivity index (χ0v) is 14.7. The van der Waals surface area contributed by atoms with Crippen LogP contribution in [0.1, 0.15) is 13.3 Å². The molecule has 6 nitrogen and oxygen atoms in total. The van der Waals surface area contributed by atoms with Crippen LogP contribution < -0.4 is 9.64 Å². The van der Waals surface area contributed by atoms with Crippen molar-refractivity contribution < 1.29 is 24.2 Å². The molecule has 2 saturated heterocycles. The number of carbonyl (C=O) groups excluding carboxylic acids is 1. The Morgan fingerprint density at radius 3 is 2.65 bits per heavy atom. The van der Waals surface area contributed by atoms with E-state index in [-0.39, 0.29) is 11.9 Å². The molecule has 2 unspecified atom stereocenters. The van der Waals surface area contributed by atoms with Crippen molar-refractivity contribution in [2.75, 3.05) is 12.0 Å². The lowest BCUT2D eigenvalue weighted by atomic mass is 9.74. The molecular weight excluding hydrogens is 334 g/mol.